The molecule has 0 radical (unpaired) electrons. The van der Waals surface area contributed by atoms with Gasteiger partial charge in [0.2, 0.25) is 0 Å². The van der Waals surface area contributed by atoms with Crippen LogP contribution in [0.25, 0.3) is 0 Å². The van der Waals surface area contributed by atoms with Crippen LogP contribution in [0.1, 0.15) is 32.0 Å². The molecular weight excluding hydrogens is 206 g/mol. The summed E-state index contributed by atoms with van der Waals surface area (Å²) < 4.78 is 1.95. The van der Waals surface area contributed by atoms with Crippen molar-refractivity contribution in [2.45, 2.75) is 44.5 Å². The number of thioether (sulfide) groups is 1. The van der Waals surface area contributed by atoms with Crippen molar-refractivity contribution in [2.24, 2.45) is 18.7 Å². The Labute approximate surface area is 96.4 Å². The van der Waals surface area contributed by atoms with Crippen LogP contribution in [-0.4, -0.2) is 15.0 Å². The Hall–Kier alpha value is -0.480. The second kappa shape index (κ2) is 5.03. The SMILES string of the molecule is Cc1nn(C)c(SC(C)C(C)C)c1CN. The van der Waals surface area contributed by atoms with Gasteiger partial charge >= 0.3 is 0 Å². The number of nitrogens with two attached hydrogens (primary N) is 1. The van der Waals surface area contributed by atoms with Gasteiger partial charge in [-0.1, -0.05) is 20.8 Å². The highest BCUT2D eigenvalue weighted by molar-refractivity contribution is 7.99. The number of hydrogen-bond acceptors (Lipinski definition) is 3. The molecule has 1 aromatic heterocycles. The van der Waals surface area contributed by atoms with E-state index in [9.17, 15) is 0 Å². The molecule has 0 bridgehead atoms. The standard InChI is InChI=1S/C11H21N3S/c1-7(2)9(4)15-11-10(6-12)8(3)13-14(11)5/h7,9H,6,12H2,1-5H3. The molecule has 0 aromatic carbocycles. The number of hydrogen-bond donors (Lipinski definition) is 1. The molecule has 0 saturated carbocycles. The van der Waals surface area contributed by atoms with Gasteiger partial charge in [-0.3, -0.25) is 4.68 Å². The average Bonchev–Trinajstić information content (AvgIpc) is 2.41. The molecule has 1 rings (SSSR count). The molecule has 15 heavy (non-hydrogen) atoms. The van der Waals surface area contributed by atoms with E-state index < -0.39 is 0 Å². The van der Waals surface area contributed by atoms with E-state index in [1.54, 1.807) is 0 Å². The number of aromatic nitrogens is 2. The first-order chi connectivity index (χ1) is 6.97. The van der Waals surface area contributed by atoms with Gasteiger partial charge in [-0.05, 0) is 12.8 Å². The second-order valence-corrected chi connectivity index (χ2v) is 5.63. The van der Waals surface area contributed by atoms with Crippen molar-refractivity contribution in [2.75, 3.05) is 0 Å². The van der Waals surface area contributed by atoms with Gasteiger partial charge in [-0.15, -0.1) is 11.8 Å². The summed E-state index contributed by atoms with van der Waals surface area (Å²) >= 11 is 1.87. The highest BCUT2D eigenvalue weighted by Crippen LogP contribution is 2.31. The summed E-state index contributed by atoms with van der Waals surface area (Å²) in [4.78, 5) is 0. The van der Waals surface area contributed by atoms with Crippen LogP contribution < -0.4 is 5.73 Å². The van der Waals surface area contributed by atoms with Gasteiger partial charge in [0, 0.05) is 24.4 Å². The molecule has 1 unspecified atom stereocenters. The Morgan fingerprint density at radius 2 is 2.00 bits per heavy atom. The fourth-order valence-electron chi connectivity index (χ4n) is 1.38. The minimum Gasteiger partial charge on any atom is -0.326 e. The monoisotopic (exact) mass is 227 g/mol. The van der Waals surface area contributed by atoms with E-state index in [2.05, 4.69) is 25.9 Å². The predicted octanol–water partition coefficient (Wildman–Crippen LogP) is 2.32. The number of aryl methyl sites for hydroxylation is 2. The minimum atomic E-state index is 0.576. The van der Waals surface area contributed by atoms with E-state index in [0.717, 1.165) is 5.69 Å². The fourth-order valence-corrected chi connectivity index (χ4v) is 2.57. The van der Waals surface area contributed by atoms with Gasteiger partial charge < -0.3 is 5.73 Å². The van der Waals surface area contributed by atoms with E-state index >= 15 is 0 Å². The molecule has 2 N–H and O–H groups in total. The molecule has 0 amide bonds. The first-order valence-electron chi connectivity index (χ1n) is 5.36. The van der Waals surface area contributed by atoms with Crippen LogP contribution in [0.3, 0.4) is 0 Å². The first-order valence-corrected chi connectivity index (χ1v) is 6.24. The zero-order valence-electron chi connectivity index (χ0n) is 10.2. The Balaban J connectivity index is 2.93. The van der Waals surface area contributed by atoms with Crippen molar-refractivity contribution in [3.63, 3.8) is 0 Å². The van der Waals surface area contributed by atoms with Gasteiger partial charge in [0.05, 0.1) is 10.7 Å². The van der Waals surface area contributed by atoms with Gasteiger partial charge in [0.25, 0.3) is 0 Å². The minimum absolute atomic E-state index is 0.576. The van der Waals surface area contributed by atoms with Crippen LogP contribution in [0.4, 0.5) is 0 Å². The lowest BCUT2D eigenvalue weighted by Crippen LogP contribution is -2.08. The van der Waals surface area contributed by atoms with Crippen LogP contribution >= 0.6 is 11.8 Å². The van der Waals surface area contributed by atoms with Crippen LogP contribution in [0.5, 0.6) is 0 Å². The second-order valence-electron chi connectivity index (χ2n) is 4.26. The van der Waals surface area contributed by atoms with Crippen LogP contribution in [0, 0.1) is 12.8 Å². The van der Waals surface area contributed by atoms with E-state index in [0.29, 0.717) is 17.7 Å². The van der Waals surface area contributed by atoms with E-state index in [1.807, 2.05) is 30.4 Å². The van der Waals surface area contributed by atoms with E-state index in [-0.39, 0.29) is 0 Å². The van der Waals surface area contributed by atoms with Crippen molar-refractivity contribution in [1.29, 1.82) is 0 Å². The number of rotatable bonds is 4. The molecular formula is C11H21N3S. The predicted molar refractivity (Wildman–Crippen MR) is 66.0 cm³/mol. The number of nitrogens with zero attached hydrogens (tertiary/aromatic N) is 2. The molecule has 1 atom stereocenters. The highest BCUT2D eigenvalue weighted by Gasteiger charge is 2.17. The van der Waals surface area contributed by atoms with Gasteiger partial charge in [-0.2, -0.15) is 5.10 Å². The summed E-state index contributed by atoms with van der Waals surface area (Å²) in [5.41, 5.74) is 7.99. The third-order valence-corrected chi connectivity index (χ3v) is 4.38. The molecule has 1 aromatic rings. The quantitative estimate of drug-likeness (QED) is 0.803. The van der Waals surface area contributed by atoms with Gasteiger partial charge in [0.1, 0.15) is 0 Å². The maximum Gasteiger partial charge on any atom is 0.0987 e. The zero-order valence-corrected chi connectivity index (χ0v) is 11.1. The molecule has 86 valence electrons. The molecule has 4 heteroatoms. The van der Waals surface area contributed by atoms with Crippen molar-refractivity contribution >= 4 is 11.8 Å². The molecule has 0 aliphatic carbocycles. The average molecular weight is 227 g/mol. The topological polar surface area (TPSA) is 43.8 Å². The molecule has 0 aliphatic rings. The van der Waals surface area contributed by atoms with Crippen molar-refractivity contribution < 1.29 is 0 Å². The maximum atomic E-state index is 5.75. The van der Waals surface area contributed by atoms with Crippen LogP contribution in [-0.2, 0) is 13.6 Å². The van der Waals surface area contributed by atoms with Gasteiger partial charge in [-0.25, -0.2) is 0 Å². The molecule has 3 nitrogen and oxygen atoms in total. The Morgan fingerprint density at radius 3 is 2.47 bits per heavy atom. The lowest BCUT2D eigenvalue weighted by molar-refractivity contribution is 0.633. The summed E-state index contributed by atoms with van der Waals surface area (Å²) in [6.07, 6.45) is 0. The molecule has 0 spiro atoms. The smallest absolute Gasteiger partial charge is 0.0987 e. The first kappa shape index (κ1) is 12.6. The third kappa shape index (κ3) is 2.75. The third-order valence-electron chi connectivity index (χ3n) is 2.73. The summed E-state index contributed by atoms with van der Waals surface area (Å²) in [6, 6.07) is 0. The largest absolute Gasteiger partial charge is 0.326 e. The van der Waals surface area contributed by atoms with Gasteiger partial charge in [0.15, 0.2) is 0 Å². The Morgan fingerprint density at radius 1 is 1.40 bits per heavy atom. The zero-order chi connectivity index (χ0) is 11.6. The highest BCUT2D eigenvalue weighted by atomic mass is 32.2. The summed E-state index contributed by atoms with van der Waals surface area (Å²) in [5.74, 6) is 0.663. The Bertz CT molecular complexity index is 331. The lowest BCUT2D eigenvalue weighted by atomic mass is 10.2. The molecule has 0 aliphatic heterocycles. The fraction of sp³-hybridized carbons (Fsp3) is 0.727. The van der Waals surface area contributed by atoms with Crippen molar-refractivity contribution in [1.82, 2.24) is 9.78 Å². The molecule has 0 fully saturated rings. The molecule has 0 saturated heterocycles. The normalized spacial score (nSPS) is 13.5. The van der Waals surface area contributed by atoms with Crippen LogP contribution in [0.15, 0.2) is 5.03 Å². The van der Waals surface area contributed by atoms with Crippen LogP contribution in [0.2, 0.25) is 0 Å². The van der Waals surface area contributed by atoms with Crippen molar-refractivity contribution in [3.05, 3.63) is 11.3 Å². The summed E-state index contributed by atoms with van der Waals surface area (Å²) in [7, 11) is 1.99. The lowest BCUT2D eigenvalue weighted by Gasteiger charge is -2.15. The molecule has 1 heterocycles. The summed E-state index contributed by atoms with van der Waals surface area (Å²) in [5, 5.41) is 6.22. The van der Waals surface area contributed by atoms with E-state index in [4.69, 9.17) is 5.73 Å². The summed E-state index contributed by atoms with van der Waals surface area (Å²) in [6.45, 7) is 9.32. The Kier molecular flexibility index (Phi) is 4.22. The van der Waals surface area contributed by atoms with E-state index in [1.165, 1.54) is 10.6 Å². The van der Waals surface area contributed by atoms with Crippen molar-refractivity contribution in [3.8, 4) is 0 Å². The maximum absolute atomic E-state index is 5.75.